The summed E-state index contributed by atoms with van der Waals surface area (Å²) in [6.45, 7) is 6.59. The van der Waals surface area contributed by atoms with Crippen molar-refractivity contribution in [2.75, 3.05) is 57.3 Å². The molecular weight excluding hydrogens is 342 g/mol. The van der Waals surface area contributed by atoms with Crippen molar-refractivity contribution in [3.63, 3.8) is 0 Å². The van der Waals surface area contributed by atoms with Gasteiger partial charge in [-0.2, -0.15) is 0 Å². The van der Waals surface area contributed by atoms with E-state index in [1.807, 2.05) is 11.1 Å². The summed E-state index contributed by atoms with van der Waals surface area (Å²) in [6.07, 6.45) is 12.1. The third kappa shape index (κ3) is 4.58. The molecule has 3 aliphatic rings. The number of anilines is 1. The van der Waals surface area contributed by atoms with Gasteiger partial charge in [0.05, 0.1) is 24.9 Å². The number of hydrogen-bond acceptors (Lipinski definition) is 6. The number of likely N-dealkylation sites (tertiary alicyclic amines) is 1. The Kier molecular flexibility index (Phi) is 5.88. The lowest BCUT2D eigenvalue weighted by atomic mass is 9.89. The molecule has 27 heavy (non-hydrogen) atoms. The van der Waals surface area contributed by atoms with Crippen molar-refractivity contribution < 1.29 is 9.53 Å². The Morgan fingerprint density at radius 2 is 1.81 bits per heavy atom. The molecule has 0 radical (unpaired) electrons. The second-order valence-corrected chi connectivity index (χ2v) is 8.09. The van der Waals surface area contributed by atoms with E-state index in [1.165, 1.54) is 25.7 Å². The van der Waals surface area contributed by atoms with Crippen LogP contribution >= 0.6 is 0 Å². The minimum absolute atomic E-state index is 0.189. The number of carbonyl (C=O) groups is 1. The number of carbonyl (C=O) groups excluding carboxylic acids is 1. The first kappa shape index (κ1) is 18.6. The molecule has 3 aliphatic heterocycles. The first-order valence-corrected chi connectivity index (χ1v) is 10.4. The van der Waals surface area contributed by atoms with Crippen molar-refractivity contribution in [3.05, 3.63) is 18.6 Å². The van der Waals surface area contributed by atoms with Gasteiger partial charge in [-0.15, -0.1) is 0 Å². The highest BCUT2D eigenvalue weighted by Gasteiger charge is 2.41. The van der Waals surface area contributed by atoms with Gasteiger partial charge in [-0.05, 0) is 38.8 Å². The molecule has 0 saturated carbocycles. The number of amides is 1. The first-order chi connectivity index (χ1) is 13.2. The molecule has 0 bridgehead atoms. The zero-order valence-corrected chi connectivity index (χ0v) is 16.2. The summed E-state index contributed by atoms with van der Waals surface area (Å²) in [4.78, 5) is 28.1. The normalized spacial score (nSPS) is 24.0. The molecule has 4 heterocycles. The fourth-order valence-electron chi connectivity index (χ4n) is 4.54. The summed E-state index contributed by atoms with van der Waals surface area (Å²) >= 11 is 0. The highest BCUT2D eigenvalue weighted by molar-refractivity contribution is 5.78. The summed E-state index contributed by atoms with van der Waals surface area (Å²) in [5.41, 5.74) is -0.189. The molecule has 1 spiro atoms. The molecule has 0 unspecified atom stereocenters. The molecule has 0 aromatic carbocycles. The Bertz CT molecular complexity index is 610. The van der Waals surface area contributed by atoms with Crippen LogP contribution in [0.15, 0.2) is 18.6 Å². The van der Waals surface area contributed by atoms with Crippen LogP contribution in [0.2, 0.25) is 0 Å². The van der Waals surface area contributed by atoms with E-state index in [0.717, 1.165) is 57.9 Å². The third-order valence-corrected chi connectivity index (χ3v) is 6.21. The van der Waals surface area contributed by atoms with Gasteiger partial charge >= 0.3 is 0 Å². The van der Waals surface area contributed by atoms with E-state index in [0.29, 0.717) is 13.2 Å². The van der Waals surface area contributed by atoms with Crippen molar-refractivity contribution in [2.24, 2.45) is 0 Å². The molecule has 0 aliphatic carbocycles. The fourth-order valence-corrected chi connectivity index (χ4v) is 4.54. The van der Waals surface area contributed by atoms with Gasteiger partial charge in [0.2, 0.25) is 5.91 Å². The summed E-state index contributed by atoms with van der Waals surface area (Å²) in [6, 6.07) is 0. The standard InChI is InChI=1S/C20H31N5O2/c26-19(16-23-9-3-1-2-4-10-23)25-13-14-27-20(17-25)5-11-24(12-6-20)18-15-21-7-8-22-18/h7-8,15H,1-6,9-14,16-17H2. The van der Waals surface area contributed by atoms with Gasteiger partial charge in [0.1, 0.15) is 5.82 Å². The highest BCUT2D eigenvalue weighted by Crippen LogP contribution is 2.31. The van der Waals surface area contributed by atoms with Gasteiger partial charge in [0.25, 0.3) is 0 Å². The number of piperidine rings is 1. The van der Waals surface area contributed by atoms with E-state index < -0.39 is 0 Å². The number of ether oxygens (including phenoxy) is 1. The van der Waals surface area contributed by atoms with Gasteiger partial charge < -0.3 is 14.5 Å². The van der Waals surface area contributed by atoms with Gasteiger partial charge in [0.15, 0.2) is 0 Å². The number of hydrogen-bond donors (Lipinski definition) is 0. The minimum atomic E-state index is -0.189. The summed E-state index contributed by atoms with van der Waals surface area (Å²) < 4.78 is 6.21. The predicted molar refractivity (Wildman–Crippen MR) is 104 cm³/mol. The van der Waals surface area contributed by atoms with Crippen LogP contribution in [0.3, 0.4) is 0 Å². The molecule has 1 amide bonds. The number of nitrogens with zero attached hydrogens (tertiary/aromatic N) is 5. The van der Waals surface area contributed by atoms with Crippen LogP contribution in [0.5, 0.6) is 0 Å². The van der Waals surface area contributed by atoms with E-state index in [4.69, 9.17) is 4.74 Å². The molecule has 1 aromatic heterocycles. The Morgan fingerprint density at radius 3 is 2.52 bits per heavy atom. The third-order valence-electron chi connectivity index (χ3n) is 6.21. The maximum atomic E-state index is 12.9. The van der Waals surface area contributed by atoms with Crippen LogP contribution in [0.4, 0.5) is 5.82 Å². The van der Waals surface area contributed by atoms with Gasteiger partial charge in [-0.25, -0.2) is 4.98 Å². The van der Waals surface area contributed by atoms with E-state index in [2.05, 4.69) is 19.8 Å². The lowest BCUT2D eigenvalue weighted by molar-refractivity contribution is -0.155. The lowest BCUT2D eigenvalue weighted by Gasteiger charge is -2.47. The topological polar surface area (TPSA) is 61.8 Å². The highest BCUT2D eigenvalue weighted by atomic mass is 16.5. The van der Waals surface area contributed by atoms with Gasteiger partial charge in [-0.3, -0.25) is 14.7 Å². The molecule has 148 valence electrons. The maximum Gasteiger partial charge on any atom is 0.236 e. The lowest BCUT2D eigenvalue weighted by Crippen LogP contribution is -2.59. The minimum Gasteiger partial charge on any atom is -0.371 e. The summed E-state index contributed by atoms with van der Waals surface area (Å²) in [7, 11) is 0. The Labute approximate surface area is 161 Å². The zero-order chi connectivity index (χ0) is 18.5. The molecule has 0 N–H and O–H groups in total. The van der Waals surface area contributed by atoms with Crippen molar-refractivity contribution in [1.82, 2.24) is 19.8 Å². The Hall–Kier alpha value is -1.73. The second kappa shape index (κ2) is 8.52. The van der Waals surface area contributed by atoms with Crippen molar-refractivity contribution in [2.45, 2.75) is 44.1 Å². The van der Waals surface area contributed by atoms with Crippen molar-refractivity contribution in [1.29, 1.82) is 0 Å². The Morgan fingerprint density at radius 1 is 1.04 bits per heavy atom. The van der Waals surface area contributed by atoms with Crippen LogP contribution in [-0.4, -0.2) is 83.7 Å². The maximum absolute atomic E-state index is 12.9. The molecule has 3 fully saturated rings. The quantitative estimate of drug-likeness (QED) is 0.801. The first-order valence-electron chi connectivity index (χ1n) is 10.4. The number of rotatable bonds is 3. The summed E-state index contributed by atoms with van der Waals surface area (Å²) in [5.74, 6) is 1.20. The average Bonchev–Trinajstić information content (AvgIpc) is 2.98. The smallest absolute Gasteiger partial charge is 0.236 e. The van der Waals surface area contributed by atoms with Crippen molar-refractivity contribution in [3.8, 4) is 0 Å². The van der Waals surface area contributed by atoms with Gasteiger partial charge in [-0.1, -0.05) is 12.8 Å². The van der Waals surface area contributed by atoms with Crippen LogP contribution in [0.1, 0.15) is 38.5 Å². The average molecular weight is 374 g/mol. The largest absolute Gasteiger partial charge is 0.371 e. The van der Waals surface area contributed by atoms with Crippen LogP contribution < -0.4 is 4.90 Å². The van der Waals surface area contributed by atoms with Crippen molar-refractivity contribution >= 4 is 11.7 Å². The number of aromatic nitrogens is 2. The van der Waals surface area contributed by atoms with E-state index in [9.17, 15) is 4.79 Å². The van der Waals surface area contributed by atoms with Crippen LogP contribution in [0, 0.1) is 0 Å². The van der Waals surface area contributed by atoms with E-state index >= 15 is 0 Å². The van der Waals surface area contributed by atoms with E-state index in [-0.39, 0.29) is 11.5 Å². The van der Waals surface area contributed by atoms with Crippen LogP contribution in [-0.2, 0) is 9.53 Å². The van der Waals surface area contributed by atoms with E-state index in [1.54, 1.807) is 12.4 Å². The second-order valence-electron chi connectivity index (χ2n) is 8.09. The molecule has 1 aromatic rings. The van der Waals surface area contributed by atoms with Crippen LogP contribution in [0.25, 0.3) is 0 Å². The number of morpholine rings is 1. The molecule has 3 saturated heterocycles. The molecule has 7 heteroatoms. The Balaban J connectivity index is 1.32. The molecule has 7 nitrogen and oxygen atoms in total. The molecule has 4 rings (SSSR count). The van der Waals surface area contributed by atoms with Gasteiger partial charge in [0, 0.05) is 38.6 Å². The monoisotopic (exact) mass is 373 g/mol. The molecular formula is C20H31N5O2. The summed E-state index contributed by atoms with van der Waals surface area (Å²) in [5, 5.41) is 0. The predicted octanol–water partition coefficient (Wildman–Crippen LogP) is 1.55. The zero-order valence-electron chi connectivity index (χ0n) is 16.2. The fraction of sp³-hybridized carbons (Fsp3) is 0.750. The SMILES string of the molecule is O=C(CN1CCCCCC1)N1CCOC2(CCN(c3cnccn3)CC2)C1. The molecule has 0 atom stereocenters.